The molecule has 5 heteroatoms. The third kappa shape index (κ3) is 6.89. The summed E-state index contributed by atoms with van der Waals surface area (Å²) in [4.78, 5) is 10.9. The summed E-state index contributed by atoms with van der Waals surface area (Å²) in [5.74, 6) is -0.376. The van der Waals surface area contributed by atoms with Crippen LogP contribution in [0.5, 0.6) is 0 Å². The van der Waals surface area contributed by atoms with Crippen molar-refractivity contribution >= 4 is 5.91 Å². The lowest BCUT2D eigenvalue weighted by Gasteiger charge is -2.12. The van der Waals surface area contributed by atoms with E-state index in [0.29, 0.717) is 19.4 Å². The standard InChI is InChI=1S/C10H18N2O3/c1-2-10(15)12-4-3-8(6-11)5-9(14)7-13/h8-9,13-14H,2-5,7H2,1H3,(H,12,15)/t8-,9+/m1/s1. The molecule has 0 rings (SSSR count). The monoisotopic (exact) mass is 214 g/mol. The summed E-state index contributed by atoms with van der Waals surface area (Å²) >= 11 is 0. The minimum atomic E-state index is -0.850. The zero-order chi connectivity index (χ0) is 11.7. The fourth-order valence-corrected chi connectivity index (χ4v) is 1.15. The molecule has 0 spiro atoms. The second-order valence-corrected chi connectivity index (χ2v) is 3.39. The smallest absolute Gasteiger partial charge is 0.219 e. The van der Waals surface area contributed by atoms with E-state index in [-0.39, 0.29) is 24.9 Å². The number of nitriles is 1. The van der Waals surface area contributed by atoms with E-state index in [4.69, 9.17) is 15.5 Å². The van der Waals surface area contributed by atoms with E-state index < -0.39 is 6.10 Å². The predicted molar refractivity (Wildman–Crippen MR) is 54.7 cm³/mol. The van der Waals surface area contributed by atoms with E-state index in [1.807, 2.05) is 6.07 Å². The molecule has 0 aromatic rings. The SMILES string of the molecule is CCC(=O)NCC[C@@H](C#N)C[C@H](O)CO. The number of nitrogens with zero attached hydrogens (tertiary/aromatic N) is 1. The highest BCUT2D eigenvalue weighted by molar-refractivity contribution is 5.75. The van der Waals surface area contributed by atoms with Gasteiger partial charge >= 0.3 is 0 Å². The Morgan fingerprint density at radius 3 is 2.73 bits per heavy atom. The molecule has 1 amide bonds. The molecule has 0 bridgehead atoms. The van der Waals surface area contributed by atoms with Gasteiger partial charge in [0.05, 0.1) is 24.7 Å². The summed E-state index contributed by atoms with van der Waals surface area (Å²) in [7, 11) is 0. The Morgan fingerprint density at radius 1 is 1.60 bits per heavy atom. The second kappa shape index (κ2) is 8.21. The highest BCUT2D eigenvalue weighted by atomic mass is 16.3. The summed E-state index contributed by atoms with van der Waals surface area (Å²) in [6.45, 7) is 1.86. The van der Waals surface area contributed by atoms with E-state index in [1.54, 1.807) is 6.92 Å². The van der Waals surface area contributed by atoms with Crippen LogP contribution < -0.4 is 5.32 Å². The molecule has 15 heavy (non-hydrogen) atoms. The van der Waals surface area contributed by atoms with E-state index in [1.165, 1.54) is 0 Å². The van der Waals surface area contributed by atoms with E-state index in [9.17, 15) is 4.79 Å². The normalized spacial score (nSPS) is 14.0. The summed E-state index contributed by atoms with van der Waals surface area (Å²) in [6.07, 6.45) is 0.321. The maximum absolute atomic E-state index is 10.9. The molecule has 0 aromatic heterocycles. The van der Waals surface area contributed by atoms with E-state index in [2.05, 4.69) is 5.32 Å². The molecule has 0 aliphatic heterocycles. The quantitative estimate of drug-likeness (QED) is 0.546. The molecular formula is C10H18N2O3. The van der Waals surface area contributed by atoms with Gasteiger partial charge in [-0.1, -0.05) is 6.92 Å². The van der Waals surface area contributed by atoms with Crippen LogP contribution in [-0.2, 0) is 4.79 Å². The molecule has 2 atom stereocenters. The predicted octanol–water partition coefficient (Wildman–Crippen LogP) is -0.214. The Morgan fingerprint density at radius 2 is 2.27 bits per heavy atom. The van der Waals surface area contributed by atoms with E-state index in [0.717, 1.165) is 0 Å². The lowest BCUT2D eigenvalue weighted by molar-refractivity contribution is -0.120. The highest BCUT2D eigenvalue weighted by Gasteiger charge is 2.13. The Bertz CT molecular complexity index is 225. The van der Waals surface area contributed by atoms with Crippen LogP contribution in [-0.4, -0.2) is 35.4 Å². The van der Waals surface area contributed by atoms with Crippen molar-refractivity contribution in [2.75, 3.05) is 13.2 Å². The Labute approximate surface area is 89.7 Å². The molecule has 0 aliphatic carbocycles. The van der Waals surface area contributed by atoms with Gasteiger partial charge in [-0.3, -0.25) is 4.79 Å². The zero-order valence-corrected chi connectivity index (χ0v) is 8.94. The van der Waals surface area contributed by atoms with Gasteiger partial charge in [-0.15, -0.1) is 0 Å². The van der Waals surface area contributed by atoms with Crippen LogP contribution in [0, 0.1) is 17.2 Å². The first-order valence-electron chi connectivity index (χ1n) is 5.09. The maximum Gasteiger partial charge on any atom is 0.219 e. The minimum Gasteiger partial charge on any atom is -0.394 e. The lowest BCUT2D eigenvalue weighted by atomic mass is 10.00. The van der Waals surface area contributed by atoms with Crippen molar-refractivity contribution in [3.63, 3.8) is 0 Å². The molecule has 0 saturated carbocycles. The summed E-state index contributed by atoms with van der Waals surface area (Å²) in [6, 6.07) is 2.04. The molecule has 0 saturated heterocycles. The molecule has 3 N–H and O–H groups in total. The third-order valence-electron chi connectivity index (χ3n) is 2.09. The minimum absolute atomic E-state index is 0.0469. The van der Waals surface area contributed by atoms with Gasteiger partial charge in [0.15, 0.2) is 0 Å². The van der Waals surface area contributed by atoms with Crippen LogP contribution in [0.2, 0.25) is 0 Å². The average molecular weight is 214 g/mol. The fourth-order valence-electron chi connectivity index (χ4n) is 1.15. The molecule has 0 unspecified atom stereocenters. The molecule has 86 valence electrons. The summed E-state index contributed by atoms with van der Waals surface area (Å²) in [5, 5.41) is 29.1. The van der Waals surface area contributed by atoms with Crippen molar-refractivity contribution in [2.45, 2.75) is 32.3 Å². The van der Waals surface area contributed by atoms with Gasteiger partial charge in [0, 0.05) is 13.0 Å². The van der Waals surface area contributed by atoms with Gasteiger partial charge in [-0.2, -0.15) is 5.26 Å². The van der Waals surface area contributed by atoms with Crippen molar-refractivity contribution in [1.82, 2.24) is 5.32 Å². The van der Waals surface area contributed by atoms with Gasteiger partial charge in [-0.05, 0) is 12.8 Å². The molecule has 0 aromatic carbocycles. The second-order valence-electron chi connectivity index (χ2n) is 3.39. The van der Waals surface area contributed by atoms with Gasteiger partial charge in [-0.25, -0.2) is 0 Å². The van der Waals surface area contributed by atoms with Crippen molar-refractivity contribution in [3.05, 3.63) is 0 Å². The largest absolute Gasteiger partial charge is 0.394 e. The van der Waals surface area contributed by atoms with Crippen LogP contribution in [0.1, 0.15) is 26.2 Å². The van der Waals surface area contributed by atoms with E-state index >= 15 is 0 Å². The first-order chi connectivity index (χ1) is 7.13. The highest BCUT2D eigenvalue weighted by Crippen LogP contribution is 2.09. The molecule has 5 nitrogen and oxygen atoms in total. The number of hydrogen-bond donors (Lipinski definition) is 3. The van der Waals surface area contributed by atoms with Crippen LogP contribution in [0.4, 0.5) is 0 Å². The lowest BCUT2D eigenvalue weighted by Crippen LogP contribution is -2.26. The molecule has 0 radical (unpaired) electrons. The average Bonchev–Trinajstić information content (AvgIpc) is 2.26. The van der Waals surface area contributed by atoms with Crippen LogP contribution in [0.15, 0.2) is 0 Å². The number of nitrogens with one attached hydrogen (secondary N) is 1. The van der Waals surface area contributed by atoms with Gasteiger partial charge in [0.2, 0.25) is 5.91 Å². The number of amides is 1. The summed E-state index contributed by atoms with van der Waals surface area (Å²) in [5.41, 5.74) is 0. The summed E-state index contributed by atoms with van der Waals surface area (Å²) < 4.78 is 0. The molecule has 0 heterocycles. The topological polar surface area (TPSA) is 93.4 Å². The number of hydrogen-bond acceptors (Lipinski definition) is 4. The fraction of sp³-hybridized carbons (Fsp3) is 0.800. The first-order valence-corrected chi connectivity index (χ1v) is 5.09. The zero-order valence-electron chi connectivity index (χ0n) is 8.94. The number of aliphatic hydroxyl groups is 2. The van der Waals surface area contributed by atoms with Crippen LogP contribution in [0.25, 0.3) is 0 Å². The number of rotatable bonds is 7. The van der Waals surface area contributed by atoms with Crippen LogP contribution >= 0.6 is 0 Å². The van der Waals surface area contributed by atoms with Crippen LogP contribution in [0.3, 0.4) is 0 Å². The van der Waals surface area contributed by atoms with Crippen molar-refractivity contribution in [3.8, 4) is 6.07 Å². The van der Waals surface area contributed by atoms with Gasteiger partial charge in [0.1, 0.15) is 0 Å². The number of aliphatic hydroxyl groups excluding tert-OH is 2. The Kier molecular flexibility index (Phi) is 7.60. The molecular weight excluding hydrogens is 196 g/mol. The van der Waals surface area contributed by atoms with Crippen molar-refractivity contribution in [2.24, 2.45) is 5.92 Å². The van der Waals surface area contributed by atoms with Crippen molar-refractivity contribution < 1.29 is 15.0 Å². The molecule has 0 aliphatic rings. The number of carbonyl (C=O) groups is 1. The first kappa shape index (κ1) is 13.9. The van der Waals surface area contributed by atoms with Gasteiger partial charge in [0.25, 0.3) is 0 Å². The number of carbonyl (C=O) groups excluding carboxylic acids is 1. The Hall–Kier alpha value is -1.12. The molecule has 0 fully saturated rings. The maximum atomic E-state index is 10.9. The Balaban J connectivity index is 3.72. The van der Waals surface area contributed by atoms with Gasteiger partial charge < -0.3 is 15.5 Å². The van der Waals surface area contributed by atoms with Crippen molar-refractivity contribution in [1.29, 1.82) is 5.26 Å². The third-order valence-corrected chi connectivity index (χ3v) is 2.09.